The second kappa shape index (κ2) is 8.66. The molecule has 7 nitrogen and oxygen atoms in total. The Labute approximate surface area is 150 Å². The van der Waals surface area contributed by atoms with Gasteiger partial charge in [0, 0.05) is 0 Å². The molecule has 1 amide bonds. The molecule has 1 heterocycles. The Morgan fingerprint density at radius 3 is 2.65 bits per heavy atom. The molecule has 3 rings (SSSR count). The first-order valence-electron chi connectivity index (χ1n) is 8.25. The fourth-order valence-corrected chi connectivity index (χ4v) is 2.27. The van der Waals surface area contributed by atoms with Gasteiger partial charge in [0.2, 0.25) is 0 Å². The number of ether oxygens (including phenoxy) is 2. The maximum Gasteiger partial charge on any atom is 0.264 e. The minimum atomic E-state index is -0.263. The summed E-state index contributed by atoms with van der Waals surface area (Å²) in [5.41, 5.74) is 0.463. The van der Waals surface area contributed by atoms with Crippen LogP contribution in [0.15, 0.2) is 59.1 Å². The van der Waals surface area contributed by atoms with Gasteiger partial charge in [0.25, 0.3) is 11.8 Å². The van der Waals surface area contributed by atoms with E-state index in [-0.39, 0.29) is 19.1 Å². The highest BCUT2D eigenvalue weighted by molar-refractivity contribution is 5.96. The molecule has 3 aromatic rings. The van der Waals surface area contributed by atoms with Crippen molar-refractivity contribution in [3.63, 3.8) is 0 Å². The van der Waals surface area contributed by atoms with Gasteiger partial charge < -0.3 is 19.3 Å². The molecule has 0 atom stereocenters. The predicted octanol–water partition coefficient (Wildman–Crippen LogP) is 2.98. The number of nitrogens with one attached hydrogen (secondary N) is 1. The van der Waals surface area contributed by atoms with Crippen LogP contribution in [0.5, 0.6) is 11.5 Å². The quantitative estimate of drug-likeness (QED) is 0.670. The third-order valence-corrected chi connectivity index (χ3v) is 3.45. The SMILES string of the molecule is CCOc1ccccc1C(=O)NCc1noc(COc2ccccc2)n1. The van der Waals surface area contributed by atoms with Crippen molar-refractivity contribution in [2.75, 3.05) is 6.61 Å². The lowest BCUT2D eigenvalue weighted by Gasteiger charge is -2.09. The molecule has 134 valence electrons. The molecule has 0 aliphatic heterocycles. The fourth-order valence-electron chi connectivity index (χ4n) is 2.27. The van der Waals surface area contributed by atoms with Crippen LogP contribution in [0, 0.1) is 0 Å². The molecule has 0 saturated heterocycles. The van der Waals surface area contributed by atoms with Gasteiger partial charge in [-0.3, -0.25) is 4.79 Å². The van der Waals surface area contributed by atoms with Crippen molar-refractivity contribution >= 4 is 5.91 Å². The van der Waals surface area contributed by atoms with E-state index in [1.807, 2.05) is 43.3 Å². The molecule has 26 heavy (non-hydrogen) atoms. The summed E-state index contributed by atoms with van der Waals surface area (Å²) >= 11 is 0. The maximum absolute atomic E-state index is 12.3. The van der Waals surface area contributed by atoms with E-state index < -0.39 is 0 Å². The minimum absolute atomic E-state index is 0.147. The molecule has 0 fully saturated rings. The summed E-state index contributed by atoms with van der Waals surface area (Å²) in [4.78, 5) is 16.5. The largest absolute Gasteiger partial charge is 0.493 e. The van der Waals surface area contributed by atoms with Crippen molar-refractivity contribution < 1.29 is 18.8 Å². The van der Waals surface area contributed by atoms with Crippen LogP contribution >= 0.6 is 0 Å². The van der Waals surface area contributed by atoms with Crippen LogP contribution in [-0.4, -0.2) is 22.7 Å². The second-order valence-corrected chi connectivity index (χ2v) is 5.32. The summed E-state index contributed by atoms with van der Waals surface area (Å²) < 4.78 is 16.1. The number of aromatic nitrogens is 2. The number of carbonyl (C=O) groups excluding carboxylic acids is 1. The fraction of sp³-hybridized carbons (Fsp3) is 0.211. The Morgan fingerprint density at radius 1 is 1.08 bits per heavy atom. The molecule has 0 spiro atoms. The topological polar surface area (TPSA) is 86.5 Å². The molecular formula is C19H19N3O4. The van der Waals surface area contributed by atoms with Crippen LogP contribution in [-0.2, 0) is 13.2 Å². The summed E-state index contributed by atoms with van der Waals surface area (Å²) in [5, 5.41) is 6.60. The van der Waals surface area contributed by atoms with Crippen LogP contribution in [0.3, 0.4) is 0 Å². The first-order valence-corrected chi connectivity index (χ1v) is 8.25. The third-order valence-electron chi connectivity index (χ3n) is 3.45. The highest BCUT2D eigenvalue weighted by Crippen LogP contribution is 2.17. The summed E-state index contributed by atoms with van der Waals surface area (Å²) in [6, 6.07) is 16.4. The van der Waals surface area contributed by atoms with Gasteiger partial charge in [-0.2, -0.15) is 4.98 Å². The number of rotatable bonds is 8. The third kappa shape index (κ3) is 4.60. The number of hydrogen-bond donors (Lipinski definition) is 1. The number of nitrogens with zero attached hydrogens (tertiary/aromatic N) is 2. The first kappa shape index (κ1) is 17.5. The van der Waals surface area contributed by atoms with Gasteiger partial charge in [0.1, 0.15) is 11.5 Å². The van der Waals surface area contributed by atoms with Crippen LogP contribution in [0.25, 0.3) is 0 Å². The van der Waals surface area contributed by atoms with E-state index in [2.05, 4.69) is 15.5 Å². The standard InChI is InChI=1S/C19H19N3O4/c1-2-24-16-11-7-6-10-15(16)19(23)20-12-17-21-18(26-22-17)13-25-14-8-4-3-5-9-14/h3-11H,2,12-13H2,1H3,(H,20,23). The first-order chi connectivity index (χ1) is 12.8. The molecular weight excluding hydrogens is 334 g/mol. The Balaban J connectivity index is 1.54. The number of benzene rings is 2. The summed E-state index contributed by atoms with van der Waals surface area (Å²) in [6.07, 6.45) is 0. The normalized spacial score (nSPS) is 10.3. The Morgan fingerprint density at radius 2 is 1.85 bits per heavy atom. The molecule has 0 saturated carbocycles. The van der Waals surface area contributed by atoms with Crippen LogP contribution in [0.2, 0.25) is 0 Å². The van der Waals surface area contributed by atoms with E-state index in [0.29, 0.717) is 35.4 Å². The molecule has 2 aromatic carbocycles. The summed E-state index contributed by atoms with van der Waals surface area (Å²) in [6.45, 7) is 2.67. The molecule has 1 N–H and O–H groups in total. The number of hydrogen-bond acceptors (Lipinski definition) is 6. The number of para-hydroxylation sites is 2. The van der Waals surface area contributed by atoms with Gasteiger partial charge in [0.15, 0.2) is 12.4 Å². The van der Waals surface area contributed by atoms with Crippen molar-refractivity contribution in [1.82, 2.24) is 15.5 Å². The lowest BCUT2D eigenvalue weighted by Crippen LogP contribution is -2.24. The van der Waals surface area contributed by atoms with E-state index in [9.17, 15) is 4.79 Å². The van der Waals surface area contributed by atoms with E-state index in [1.165, 1.54) is 0 Å². The summed E-state index contributed by atoms with van der Waals surface area (Å²) in [7, 11) is 0. The van der Waals surface area contributed by atoms with E-state index in [4.69, 9.17) is 14.0 Å². The smallest absolute Gasteiger partial charge is 0.264 e. The van der Waals surface area contributed by atoms with Gasteiger partial charge in [-0.25, -0.2) is 0 Å². The summed E-state index contributed by atoms with van der Waals surface area (Å²) in [5.74, 6) is 1.71. The highest BCUT2D eigenvalue weighted by Gasteiger charge is 2.13. The van der Waals surface area contributed by atoms with Crippen LogP contribution < -0.4 is 14.8 Å². The van der Waals surface area contributed by atoms with Crippen molar-refractivity contribution in [3.05, 3.63) is 71.9 Å². The van der Waals surface area contributed by atoms with Crippen molar-refractivity contribution in [2.24, 2.45) is 0 Å². The van der Waals surface area contributed by atoms with Gasteiger partial charge in [-0.15, -0.1) is 0 Å². The van der Waals surface area contributed by atoms with Crippen molar-refractivity contribution in [1.29, 1.82) is 0 Å². The molecule has 0 aliphatic carbocycles. The number of carbonyl (C=O) groups is 1. The van der Waals surface area contributed by atoms with Gasteiger partial charge in [0.05, 0.1) is 18.7 Å². The molecule has 0 radical (unpaired) electrons. The predicted molar refractivity (Wildman–Crippen MR) is 93.9 cm³/mol. The zero-order valence-corrected chi connectivity index (χ0v) is 14.3. The Bertz CT molecular complexity index is 849. The lowest BCUT2D eigenvalue weighted by molar-refractivity contribution is 0.0946. The molecule has 0 bridgehead atoms. The monoisotopic (exact) mass is 353 g/mol. The molecule has 1 aromatic heterocycles. The average molecular weight is 353 g/mol. The van der Waals surface area contributed by atoms with E-state index >= 15 is 0 Å². The van der Waals surface area contributed by atoms with E-state index in [1.54, 1.807) is 18.2 Å². The lowest BCUT2D eigenvalue weighted by atomic mass is 10.2. The zero-order chi connectivity index (χ0) is 18.2. The van der Waals surface area contributed by atoms with Crippen LogP contribution in [0.4, 0.5) is 0 Å². The molecule has 7 heteroatoms. The second-order valence-electron chi connectivity index (χ2n) is 5.32. The van der Waals surface area contributed by atoms with Gasteiger partial charge >= 0.3 is 0 Å². The van der Waals surface area contributed by atoms with Crippen molar-refractivity contribution in [3.8, 4) is 11.5 Å². The number of amides is 1. The average Bonchev–Trinajstić information content (AvgIpc) is 3.14. The van der Waals surface area contributed by atoms with Gasteiger partial charge in [-0.1, -0.05) is 35.5 Å². The maximum atomic E-state index is 12.3. The minimum Gasteiger partial charge on any atom is -0.493 e. The Hall–Kier alpha value is -3.35. The van der Waals surface area contributed by atoms with Crippen molar-refractivity contribution in [2.45, 2.75) is 20.1 Å². The molecule has 0 unspecified atom stereocenters. The highest BCUT2D eigenvalue weighted by atomic mass is 16.5. The van der Waals surface area contributed by atoms with Gasteiger partial charge in [-0.05, 0) is 31.2 Å². The zero-order valence-electron chi connectivity index (χ0n) is 14.3. The van der Waals surface area contributed by atoms with E-state index in [0.717, 1.165) is 0 Å². The van der Waals surface area contributed by atoms with Crippen LogP contribution in [0.1, 0.15) is 29.0 Å². The molecule has 0 aliphatic rings. The Kier molecular flexibility index (Phi) is 5.82.